The summed E-state index contributed by atoms with van der Waals surface area (Å²) in [5.41, 5.74) is 6.99. The van der Waals surface area contributed by atoms with Crippen LogP contribution in [0.4, 0.5) is 11.5 Å². The van der Waals surface area contributed by atoms with Gasteiger partial charge in [0.2, 0.25) is 5.91 Å². The van der Waals surface area contributed by atoms with Crippen molar-refractivity contribution >= 4 is 34.2 Å². The van der Waals surface area contributed by atoms with E-state index in [1.807, 2.05) is 0 Å². The van der Waals surface area contributed by atoms with Crippen LogP contribution in [0.25, 0.3) is 10.9 Å². The molecule has 0 radical (unpaired) electrons. The Morgan fingerprint density at radius 1 is 1.33 bits per heavy atom. The van der Waals surface area contributed by atoms with Gasteiger partial charge in [0.15, 0.2) is 5.82 Å². The Morgan fingerprint density at radius 2 is 2.12 bits per heavy atom. The number of carbonyl (C=O) groups is 2. The average Bonchev–Trinajstić information content (AvgIpc) is 3.13. The zero-order chi connectivity index (χ0) is 17.3. The molecule has 0 fully saturated rings. The average molecular weight is 327 g/mol. The third kappa shape index (κ3) is 3.09. The van der Waals surface area contributed by atoms with Crippen molar-refractivity contribution < 1.29 is 9.59 Å². The first kappa shape index (κ1) is 15.7. The van der Waals surface area contributed by atoms with Crippen LogP contribution in [-0.2, 0) is 11.3 Å². The van der Waals surface area contributed by atoms with Crippen LogP contribution in [0.2, 0.25) is 0 Å². The number of hydrogen-bond acceptors (Lipinski definition) is 6. The van der Waals surface area contributed by atoms with Crippen molar-refractivity contribution in [2.24, 2.45) is 5.92 Å². The highest BCUT2D eigenvalue weighted by atomic mass is 16.2. The van der Waals surface area contributed by atoms with Crippen molar-refractivity contribution in [1.29, 1.82) is 0 Å². The van der Waals surface area contributed by atoms with E-state index in [-0.39, 0.29) is 24.3 Å². The second-order valence-electron chi connectivity index (χ2n) is 5.71. The minimum atomic E-state index is -0.276. The molecule has 9 nitrogen and oxygen atoms in total. The van der Waals surface area contributed by atoms with Gasteiger partial charge >= 0.3 is 0 Å². The van der Waals surface area contributed by atoms with Gasteiger partial charge in [-0.05, 0) is 18.2 Å². The first-order valence-electron chi connectivity index (χ1n) is 7.41. The highest BCUT2D eigenvalue weighted by Gasteiger charge is 2.14. The number of fused-ring (bicyclic) bond motifs is 1. The van der Waals surface area contributed by atoms with Crippen LogP contribution < -0.4 is 11.1 Å². The van der Waals surface area contributed by atoms with Gasteiger partial charge in [0.25, 0.3) is 5.91 Å². The van der Waals surface area contributed by atoms with Gasteiger partial charge in [-0.2, -0.15) is 9.78 Å². The molecule has 0 spiro atoms. The largest absolute Gasteiger partial charge is 0.399 e. The van der Waals surface area contributed by atoms with Gasteiger partial charge in [0.1, 0.15) is 6.54 Å². The van der Waals surface area contributed by atoms with Crippen molar-refractivity contribution in [2.45, 2.75) is 20.4 Å². The number of amides is 1. The van der Waals surface area contributed by atoms with E-state index < -0.39 is 0 Å². The third-order valence-corrected chi connectivity index (χ3v) is 3.44. The van der Waals surface area contributed by atoms with Gasteiger partial charge < -0.3 is 11.1 Å². The molecule has 0 aliphatic carbocycles. The molecule has 1 amide bonds. The number of rotatable bonds is 4. The molecule has 0 unspecified atom stereocenters. The monoisotopic (exact) mass is 327 g/mol. The number of nitrogens with one attached hydrogen (secondary N) is 1. The Labute approximate surface area is 137 Å². The summed E-state index contributed by atoms with van der Waals surface area (Å²) in [6, 6.07) is 5.20. The van der Waals surface area contributed by atoms with Gasteiger partial charge in [-0.15, -0.1) is 5.10 Å². The molecule has 0 bridgehead atoms. The Morgan fingerprint density at radius 3 is 2.88 bits per heavy atom. The standard InChI is InChI=1S/C15H17N7O2/c1-9(2)15(24)18-13-7-21(20-19-13)8-14(23)22-12-4-3-11(16)5-10(12)6-17-22/h3-7,9H,8,16H2,1-2H3,(H,18,24). The lowest BCUT2D eigenvalue weighted by Crippen LogP contribution is -2.19. The number of nitrogens with zero attached hydrogens (tertiary/aromatic N) is 5. The van der Waals surface area contributed by atoms with Crippen molar-refractivity contribution in [1.82, 2.24) is 24.8 Å². The maximum atomic E-state index is 12.4. The molecule has 24 heavy (non-hydrogen) atoms. The molecular formula is C15H17N7O2. The maximum absolute atomic E-state index is 12.4. The molecule has 0 aliphatic heterocycles. The fourth-order valence-electron chi connectivity index (χ4n) is 2.16. The number of carbonyl (C=O) groups excluding carboxylic acids is 2. The van der Waals surface area contributed by atoms with Crippen molar-refractivity contribution in [3.05, 3.63) is 30.6 Å². The quantitative estimate of drug-likeness (QED) is 0.693. The number of nitrogen functional groups attached to an aromatic ring is 1. The lowest BCUT2D eigenvalue weighted by Gasteiger charge is -2.03. The van der Waals surface area contributed by atoms with Crippen molar-refractivity contribution in [3.8, 4) is 0 Å². The van der Waals surface area contributed by atoms with Gasteiger partial charge in [-0.1, -0.05) is 19.1 Å². The lowest BCUT2D eigenvalue weighted by atomic mass is 10.2. The van der Waals surface area contributed by atoms with E-state index in [0.717, 1.165) is 5.39 Å². The van der Waals surface area contributed by atoms with Crippen molar-refractivity contribution in [3.63, 3.8) is 0 Å². The summed E-state index contributed by atoms with van der Waals surface area (Å²) >= 11 is 0. The Kier molecular flexibility index (Phi) is 3.98. The molecule has 2 heterocycles. The van der Waals surface area contributed by atoms with E-state index in [2.05, 4.69) is 20.7 Å². The van der Waals surface area contributed by atoms with E-state index in [9.17, 15) is 9.59 Å². The van der Waals surface area contributed by atoms with E-state index in [0.29, 0.717) is 17.0 Å². The van der Waals surface area contributed by atoms with E-state index in [4.69, 9.17) is 5.73 Å². The van der Waals surface area contributed by atoms with Crippen LogP contribution in [0.3, 0.4) is 0 Å². The molecule has 3 aromatic rings. The summed E-state index contributed by atoms with van der Waals surface area (Å²) in [7, 11) is 0. The predicted molar refractivity (Wildman–Crippen MR) is 88.3 cm³/mol. The number of hydrogen-bond donors (Lipinski definition) is 2. The summed E-state index contributed by atoms with van der Waals surface area (Å²) < 4.78 is 2.64. The molecule has 2 aromatic heterocycles. The number of anilines is 2. The van der Waals surface area contributed by atoms with Crippen molar-refractivity contribution in [2.75, 3.05) is 11.1 Å². The number of benzene rings is 1. The molecule has 3 rings (SSSR count). The molecule has 9 heteroatoms. The van der Waals surface area contributed by atoms with Crippen LogP contribution >= 0.6 is 0 Å². The minimum absolute atomic E-state index is 0.0499. The Balaban J connectivity index is 1.75. The molecule has 1 aromatic carbocycles. The highest BCUT2D eigenvalue weighted by molar-refractivity contribution is 5.92. The molecule has 0 aliphatic rings. The summed E-state index contributed by atoms with van der Waals surface area (Å²) in [5, 5.41) is 15.2. The van der Waals surface area contributed by atoms with Crippen LogP contribution in [0.5, 0.6) is 0 Å². The molecular weight excluding hydrogens is 310 g/mol. The highest BCUT2D eigenvalue weighted by Crippen LogP contribution is 2.17. The smallest absolute Gasteiger partial charge is 0.269 e. The third-order valence-electron chi connectivity index (χ3n) is 3.44. The Hall–Kier alpha value is -3.23. The van der Waals surface area contributed by atoms with Crippen LogP contribution in [0.1, 0.15) is 18.6 Å². The molecule has 0 saturated carbocycles. The van der Waals surface area contributed by atoms with Crippen LogP contribution in [0.15, 0.2) is 30.6 Å². The first-order valence-corrected chi connectivity index (χ1v) is 7.41. The van der Waals surface area contributed by atoms with E-state index in [1.54, 1.807) is 38.2 Å². The molecule has 0 saturated heterocycles. The number of aromatic nitrogens is 5. The first-order chi connectivity index (χ1) is 11.4. The van der Waals surface area contributed by atoms with Gasteiger partial charge in [0, 0.05) is 17.0 Å². The van der Waals surface area contributed by atoms with Gasteiger partial charge in [0.05, 0.1) is 17.9 Å². The fourth-order valence-corrected chi connectivity index (χ4v) is 2.16. The van der Waals surface area contributed by atoms with Crippen LogP contribution in [0, 0.1) is 5.92 Å². The van der Waals surface area contributed by atoms with Crippen LogP contribution in [-0.4, -0.2) is 36.6 Å². The van der Waals surface area contributed by atoms with Gasteiger partial charge in [-0.25, -0.2) is 4.68 Å². The lowest BCUT2D eigenvalue weighted by molar-refractivity contribution is -0.118. The second kappa shape index (κ2) is 6.11. The summed E-state index contributed by atoms with van der Waals surface area (Å²) in [5.74, 6) is -0.301. The maximum Gasteiger partial charge on any atom is 0.269 e. The zero-order valence-electron chi connectivity index (χ0n) is 13.3. The minimum Gasteiger partial charge on any atom is -0.399 e. The SMILES string of the molecule is CC(C)C(=O)Nc1cn(CC(=O)n2ncc3cc(N)ccc32)nn1. The van der Waals surface area contributed by atoms with E-state index >= 15 is 0 Å². The summed E-state index contributed by atoms with van der Waals surface area (Å²) in [6.45, 7) is 3.50. The van der Waals surface area contributed by atoms with Gasteiger partial charge in [-0.3, -0.25) is 9.59 Å². The normalized spacial score (nSPS) is 11.1. The topological polar surface area (TPSA) is 121 Å². The fraction of sp³-hybridized carbons (Fsp3) is 0.267. The molecule has 0 atom stereocenters. The number of nitrogens with two attached hydrogens (primary N) is 1. The zero-order valence-corrected chi connectivity index (χ0v) is 13.3. The predicted octanol–water partition coefficient (Wildman–Crippen LogP) is 1.14. The summed E-state index contributed by atoms with van der Waals surface area (Å²) in [6.07, 6.45) is 3.08. The summed E-state index contributed by atoms with van der Waals surface area (Å²) in [4.78, 5) is 24.0. The molecule has 3 N–H and O–H groups in total. The Bertz CT molecular complexity index is 910. The molecule has 124 valence electrons. The van der Waals surface area contributed by atoms with E-state index in [1.165, 1.54) is 15.6 Å². The second-order valence-corrected chi connectivity index (χ2v) is 5.71.